The van der Waals surface area contributed by atoms with Gasteiger partial charge in [-0.15, -0.1) is 0 Å². The van der Waals surface area contributed by atoms with Crippen LogP contribution < -0.4 is 16.0 Å². The predicted molar refractivity (Wildman–Crippen MR) is 63.5 cm³/mol. The van der Waals surface area contributed by atoms with Gasteiger partial charge in [0.05, 0.1) is 25.7 Å². The fourth-order valence-corrected chi connectivity index (χ4v) is 1.72. The number of carbonyl (C=O) groups excluding carboxylic acids is 2. The first-order valence-electron chi connectivity index (χ1n) is 5.98. The van der Waals surface area contributed by atoms with E-state index in [1.54, 1.807) is 7.05 Å². The Morgan fingerprint density at radius 1 is 1.29 bits per heavy atom. The summed E-state index contributed by atoms with van der Waals surface area (Å²) in [4.78, 5) is 23.1. The van der Waals surface area contributed by atoms with Gasteiger partial charge in [0.2, 0.25) is 11.8 Å². The van der Waals surface area contributed by atoms with Crippen molar-refractivity contribution in [3.8, 4) is 0 Å². The van der Waals surface area contributed by atoms with Crippen LogP contribution in [0.5, 0.6) is 0 Å². The zero-order chi connectivity index (χ0) is 12.7. The van der Waals surface area contributed by atoms with Crippen molar-refractivity contribution in [2.24, 2.45) is 5.92 Å². The quantitative estimate of drug-likeness (QED) is 0.551. The minimum atomic E-state index is -0.209. The van der Waals surface area contributed by atoms with Crippen molar-refractivity contribution in [1.82, 2.24) is 16.0 Å². The van der Waals surface area contributed by atoms with Crippen LogP contribution in [0.4, 0.5) is 0 Å². The topological polar surface area (TPSA) is 79.5 Å². The molecule has 0 aromatic rings. The maximum Gasteiger partial charge on any atom is 0.239 e. The van der Waals surface area contributed by atoms with Gasteiger partial charge in [-0.1, -0.05) is 6.92 Å². The summed E-state index contributed by atoms with van der Waals surface area (Å²) in [6.07, 6.45) is 0.887. The van der Waals surface area contributed by atoms with E-state index in [1.807, 2.05) is 6.92 Å². The van der Waals surface area contributed by atoms with Gasteiger partial charge < -0.3 is 20.7 Å². The molecule has 98 valence electrons. The third-order valence-corrected chi connectivity index (χ3v) is 2.78. The minimum Gasteiger partial charge on any atom is -0.379 e. The summed E-state index contributed by atoms with van der Waals surface area (Å²) in [5, 5.41) is 8.36. The molecule has 6 heteroatoms. The molecule has 6 nitrogen and oxygen atoms in total. The van der Waals surface area contributed by atoms with E-state index in [-0.39, 0.29) is 30.3 Å². The highest BCUT2D eigenvalue weighted by Crippen LogP contribution is 2.12. The molecule has 0 spiro atoms. The number of likely N-dealkylation sites (N-methyl/N-ethyl adjacent to an activating group) is 1. The Labute approximate surface area is 101 Å². The number of amides is 2. The molecule has 1 fully saturated rings. The summed E-state index contributed by atoms with van der Waals surface area (Å²) in [7, 11) is 1.80. The van der Waals surface area contributed by atoms with E-state index in [0.29, 0.717) is 19.8 Å². The molecular formula is C11H21N3O3. The number of rotatable bonds is 6. The summed E-state index contributed by atoms with van der Waals surface area (Å²) in [5.41, 5.74) is 0. The Morgan fingerprint density at radius 3 is 2.71 bits per heavy atom. The maximum absolute atomic E-state index is 11.8. The normalized spacial score (nSPS) is 23.4. The van der Waals surface area contributed by atoms with Gasteiger partial charge in [0.1, 0.15) is 0 Å². The van der Waals surface area contributed by atoms with Gasteiger partial charge in [0.25, 0.3) is 0 Å². The minimum absolute atomic E-state index is 0.0335. The van der Waals surface area contributed by atoms with Crippen LogP contribution in [0.2, 0.25) is 0 Å². The zero-order valence-electron chi connectivity index (χ0n) is 10.4. The van der Waals surface area contributed by atoms with E-state index < -0.39 is 0 Å². The summed E-state index contributed by atoms with van der Waals surface area (Å²) in [5.74, 6) is -0.493. The molecule has 1 aliphatic heterocycles. The number of nitrogens with one attached hydrogen (secondary N) is 3. The van der Waals surface area contributed by atoms with Crippen LogP contribution in [0.3, 0.4) is 0 Å². The van der Waals surface area contributed by atoms with E-state index in [2.05, 4.69) is 16.0 Å². The fraction of sp³-hybridized carbons (Fsp3) is 0.818. The molecule has 0 aromatic heterocycles. The Balaban J connectivity index is 2.27. The first kappa shape index (κ1) is 13.9. The van der Waals surface area contributed by atoms with Crippen LogP contribution in [-0.2, 0) is 14.3 Å². The van der Waals surface area contributed by atoms with E-state index in [1.165, 1.54) is 0 Å². The van der Waals surface area contributed by atoms with Gasteiger partial charge in [-0.25, -0.2) is 0 Å². The van der Waals surface area contributed by atoms with Crippen molar-refractivity contribution in [3.05, 3.63) is 0 Å². The smallest absolute Gasteiger partial charge is 0.239 e. The van der Waals surface area contributed by atoms with Crippen LogP contribution in [0.15, 0.2) is 0 Å². The lowest BCUT2D eigenvalue weighted by Crippen LogP contribution is -2.45. The summed E-state index contributed by atoms with van der Waals surface area (Å²) >= 11 is 0. The van der Waals surface area contributed by atoms with Gasteiger partial charge in [0, 0.05) is 12.6 Å². The van der Waals surface area contributed by atoms with Crippen molar-refractivity contribution in [1.29, 1.82) is 0 Å². The average molecular weight is 243 g/mol. The number of hydrogen-bond acceptors (Lipinski definition) is 4. The molecule has 0 saturated carbocycles. The standard InChI is InChI=1S/C11H21N3O3/c1-3-4-13-10(15)5-14-11(16)8-6-17-7-9(8)12-2/h8-9,12H,3-7H2,1-2H3,(H,13,15)(H,14,16). The van der Waals surface area contributed by atoms with Crippen molar-refractivity contribution in [2.45, 2.75) is 19.4 Å². The number of hydrogen-bond donors (Lipinski definition) is 3. The molecule has 2 unspecified atom stereocenters. The average Bonchev–Trinajstić information content (AvgIpc) is 2.81. The van der Waals surface area contributed by atoms with Crippen LogP contribution in [0.25, 0.3) is 0 Å². The van der Waals surface area contributed by atoms with Gasteiger partial charge >= 0.3 is 0 Å². The molecule has 2 amide bonds. The van der Waals surface area contributed by atoms with E-state index in [4.69, 9.17) is 4.74 Å². The van der Waals surface area contributed by atoms with Crippen LogP contribution in [0, 0.1) is 5.92 Å². The Bertz CT molecular complexity index is 271. The monoisotopic (exact) mass is 243 g/mol. The highest BCUT2D eigenvalue weighted by atomic mass is 16.5. The van der Waals surface area contributed by atoms with Crippen LogP contribution in [0.1, 0.15) is 13.3 Å². The lowest BCUT2D eigenvalue weighted by molar-refractivity contribution is -0.128. The molecule has 0 radical (unpaired) electrons. The maximum atomic E-state index is 11.8. The molecule has 1 heterocycles. The van der Waals surface area contributed by atoms with E-state index in [9.17, 15) is 9.59 Å². The van der Waals surface area contributed by atoms with E-state index in [0.717, 1.165) is 6.42 Å². The Hall–Kier alpha value is -1.14. The largest absolute Gasteiger partial charge is 0.379 e. The molecular weight excluding hydrogens is 222 g/mol. The predicted octanol–water partition coefficient (Wildman–Crippen LogP) is -1.14. The molecule has 1 aliphatic rings. The van der Waals surface area contributed by atoms with Crippen molar-refractivity contribution in [3.63, 3.8) is 0 Å². The third-order valence-electron chi connectivity index (χ3n) is 2.78. The Kier molecular flexibility index (Phi) is 5.93. The van der Waals surface area contributed by atoms with Gasteiger partial charge in [0.15, 0.2) is 0 Å². The zero-order valence-corrected chi connectivity index (χ0v) is 10.4. The number of carbonyl (C=O) groups is 2. The lowest BCUT2D eigenvalue weighted by atomic mass is 10.0. The van der Waals surface area contributed by atoms with Gasteiger partial charge in [-0.05, 0) is 13.5 Å². The van der Waals surface area contributed by atoms with Crippen molar-refractivity contribution in [2.75, 3.05) is 33.4 Å². The molecule has 2 atom stereocenters. The second kappa shape index (κ2) is 7.24. The van der Waals surface area contributed by atoms with Crippen LogP contribution in [-0.4, -0.2) is 51.2 Å². The molecule has 17 heavy (non-hydrogen) atoms. The van der Waals surface area contributed by atoms with Gasteiger partial charge in [-0.3, -0.25) is 9.59 Å². The highest BCUT2D eigenvalue weighted by molar-refractivity contribution is 5.86. The molecule has 1 saturated heterocycles. The lowest BCUT2D eigenvalue weighted by Gasteiger charge is -2.16. The first-order valence-corrected chi connectivity index (χ1v) is 5.98. The molecule has 1 rings (SSSR count). The Morgan fingerprint density at radius 2 is 2.06 bits per heavy atom. The SMILES string of the molecule is CCCNC(=O)CNC(=O)C1COCC1NC. The molecule has 3 N–H and O–H groups in total. The van der Waals surface area contributed by atoms with E-state index >= 15 is 0 Å². The third kappa shape index (κ3) is 4.32. The summed E-state index contributed by atoms with van der Waals surface area (Å²) in [6, 6.07) is 0.0358. The van der Waals surface area contributed by atoms with Crippen molar-refractivity contribution >= 4 is 11.8 Å². The molecule has 0 bridgehead atoms. The van der Waals surface area contributed by atoms with Gasteiger partial charge in [-0.2, -0.15) is 0 Å². The molecule has 0 aromatic carbocycles. The molecule has 0 aliphatic carbocycles. The van der Waals surface area contributed by atoms with Crippen molar-refractivity contribution < 1.29 is 14.3 Å². The van der Waals surface area contributed by atoms with Crippen LogP contribution >= 0.6 is 0 Å². The number of ether oxygens (including phenoxy) is 1. The second-order valence-corrected chi connectivity index (χ2v) is 4.11. The summed E-state index contributed by atoms with van der Waals surface area (Å²) < 4.78 is 5.23. The summed E-state index contributed by atoms with van der Waals surface area (Å²) in [6.45, 7) is 3.60. The fourth-order valence-electron chi connectivity index (χ4n) is 1.72. The first-order chi connectivity index (χ1) is 8.19. The second-order valence-electron chi connectivity index (χ2n) is 4.11. The highest BCUT2D eigenvalue weighted by Gasteiger charge is 2.32.